The highest BCUT2D eigenvalue weighted by atomic mass is 35.5. The molecule has 1 amide bonds. The summed E-state index contributed by atoms with van der Waals surface area (Å²) < 4.78 is 19.6. The molecule has 0 aliphatic rings. The zero-order valence-electron chi connectivity index (χ0n) is 7.28. The Morgan fingerprint density at radius 2 is 2.21 bits per heavy atom. The van der Waals surface area contributed by atoms with Crippen molar-refractivity contribution in [2.24, 2.45) is 0 Å². The molecule has 0 saturated carbocycles. The molecule has 0 aliphatic heterocycles. The normalized spacial score (nSPS) is 12.2. The van der Waals surface area contributed by atoms with Crippen molar-refractivity contribution < 1.29 is 13.6 Å². The second-order valence-corrected chi connectivity index (χ2v) is 3.92. The molecule has 0 bridgehead atoms. The summed E-state index contributed by atoms with van der Waals surface area (Å²) >= 11 is 3.51. The van der Waals surface area contributed by atoms with Crippen molar-refractivity contribution in [3.8, 4) is 0 Å². The number of rotatable bonds is 2. The molecule has 0 aliphatic carbocycles. The van der Waals surface area contributed by atoms with Crippen LogP contribution in [0.4, 0.5) is 5.69 Å². The van der Waals surface area contributed by atoms with E-state index in [9.17, 15) is 9.00 Å². The largest absolute Gasteiger partial charge is 0.326 e. The van der Waals surface area contributed by atoms with Crippen LogP contribution in [-0.2, 0) is 15.9 Å². The molecule has 6 heteroatoms. The van der Waals surface area contributed by atoms with Crippen LogP contribution in [0.2, 0.25) is 5.02 Å². The third kappa shape index (κ3) is 2.80. The summed E-state index contributed by atoms with van der Waals surface area (Å²) in [7, 11) is 0. The molecule has 1 aromatic carbocycles. The zero-order valence-corrected chi connectivity index (χ0v) is 8.85. The summed E-state index contributed by atoms with van der Waals surface area (Å²) in [4.78, 5) is 10.8. The molecular formula is C8H8ClNO3S. The highest BCUT2D eigenvalue weighted by Gasteiger charge is 2.07. The van der Waals surface area contributed by atoms with Gasteiger partial charge in [-0.3, -0.25) is 4.79 Å². The van der Waals surface area contributed by atoms with Crippen molar-refractivity contribution in [2.45, 2.75) is 11.8 Å². The Hall–Kier alpha value is -0.910. The summed E-state index contributed by atoms with van der Waals surface area (Å²) in [5.74, 6) is -0.248. The third-order valence-electron chi connectivity index (χ3n) is 1.44. The fourth-order valence-corrected chi connectivity index (χ4v) is 1.70. The van der Waals surface area contributed by atoms with E-state index in [1.807, 2.05) is 0 Å². The molecular weight excluding hydrogens is 226 g/mol. The second-order valence-electron chi connectivity index (χ2n) is 2.58. The van der Waals surface area contributed by atoms with E-state index in [1.165, 1.54) is 19.1 Å². The van der Waals surface area contributed by atoms with Gasteiger partial charge in [-0.2, -0.15) is 0 Å². The van der Waals surface area contributed by atoms with Crippen LogP contribution in [0.3, 0.4) is 0 Å². The van der Waals surface area contributed by atoms with Crippen LogP contribution in [0.25, 0.3) is 0 Å². The fraction of sp³-hybridized carbons (Fsp3) is 0.125. The van der Waals surface area contributed by atoms with E-state index in [2.05, 4.69) is 5.32 Å². The molecule has 76 valence electrons. The fourth-order valence-electron chi connectivity index (χ4n) is 0.918. The number of carbonyl (C=O) groups is 1. The van der Waals surface area contributed by atoms with Gasteiger partial charge in [0.1, 0.15) is 0 Å². The number of anilines is 1. The number of hydrogen-bond acceptors (Lipinski definition) is 2. The lowest BCUT2D eigenvalue weighted by molar-refractivity contribution is -0.114. The van der Waals surface area contributed by atoms with Gasteiger partial charge >= 0.3 is 0 Å². The molecule has 1 atom stereocenters. The van der Waals surface area contributed by atoms with Crippen LogP contribution < -0.4 is 5.32 Å². The van der Waals surface area contributed by atoms with Crippen molar-refractivity contribution in [2.75, 3.05) is 5.32 Å². The van der Waals surface area contributed by atoms with Crippen molar-refractivity contribution in [3.05, 3.63) is 23.2 Å². The lowest BCUT2D eigenvalue weighted by Gasteiger charge is -2.04. The molecule has 0 saturated heterocycles. The van der Waals surface area contributed by atoms with Crippen molar-refractivity contribution in [1.29, 1.82) is 0 Å². The number of hydrogen-bond donors (Lipinski definition) is 2. The molecule has 14 heavy (non-hydrogen) atoms. The van der Waals surface area contributed by atoms with Crippen molar-refractivity contribution in [1.82, 2.24) is 0 Å². The van der Waals surface area contributed by atoms with Gasteiger partial charge in [-0.15, -0.1) is 0 Å². The molecule has 0 spiro atoms. The average Bonchev–Trinajstić information content (AvgIpc) is 2.07. The quantitative estimate of drug-likeness (QED) is 0.767. The van der Waals surface area contributed by atoms with Gasteiger partial charge in [0.2, 0.25) is 5.91 Å². The molecule has 0 fully saturated rings. The van der Waals surface area contributed by atoms with E-state index in [-0.39, 0.29) is 15.8 Å². The van der Waals surface area contributed by atoms with E-state index in [1.54, 1.807) is 6.07 Å². The first kappa shape index (κ1) is 11.2. The Balaban J connectivity index is 3.06. The number of amides is 1. The maximum atomic E-state index is 10.8. The van der Waals surface area contributed by atoms with Gasteiger partial charge in [-0.25, -0.2) is 4.21 Å². The Morgan fingerprint density at radius 3 is 2.71 bits per heavy atom. The van der Waals surface area contributed by atoms with Crippen LogP contribution in [0.5, 0.6) is 0 Å². The van der Waals surface area contributed by atoms with E-state index in [0.29, 0.717) is 5.69 Å². The Labute approximate surface area is 88.6 Å². The highest BCUT2D eigenvalue weighted by Crippen LogP contribution is 2.22. The second kappa shape index (κ2) is 4.54. The minimum Gasteiger partial charge on any atom is -0.326 e. The molecule has 0 aromatic heterocycles. The minimum absolute atomic E-state index is 0.0814. The predicted octanol–water partition coefficient (Wildman–Crippen LogP) is 1.88. The Morgan fingerprint density at radius 1 is 1.57 bits per heavy atom. The Bertz CT molecular complexity index is 394. The van der Waals surface area contributed by atoms with Gasteiger partial charge in [-0.05, 0) is 18.2 Å². The highest BCUT2D eigenvalue weighted by molar-refractivity contribution is 7.79. The van der Waals surface area contributed by atoms with E-state index in [0.717, 1.165) is 0 Å². The van der Waals surface area contributed by atoms with Gasteiger partial charge in [-0.1, -0.05) is 11.6 Å². The van der Waals surface area contributed by atoms with Gasteiger partial charge in [0, 0.05) is 12.6 Å². The molecule has 0 radical (unpaired) electrons. The lowest BCUT2D eigenvalue weighted by Crippen LogP contribution is -2.06. The molecule has 1 unspecified atom stereocenters. The van der Waals surface area contributed by atoms with Gasteiger partial charge < -0.3 is 9.87 Å². The van der Waals surface area contributed by atoms with E-state index in [4.69, 9.17) is 16.2 Å². The summed E-state index contributed by atoms with van der Waals surface area (Å²) in [6.07, 6.45) is 0. The first-order chi connectivity index (χ1) is 6.50. The van der Waals surface area contributed by atoms with E-state index >= 15 is 0 Å². The maximum absolute atomic E-state index is 10.8. The van der Waals surface area contributed by atoms with E-state index < -0.39 is 11.1 Å². The Kier molecular flexibility index (Phi) is 3.62. The predicted molar refractivity (Wildman–Crippen MR) is 54.8 cm³/mol. The molecule has 0 heterocycles. The smallest absolute Gasteiger partial charge is 0.221 e. The van der Waals surface area contributed by atoms with Crippen molar-refractivity contribution in [3.63, 3.8) is 0 Å². The topological polar surface area (TPSA) is 66.4 Å². The lowest BCUT2D eigenvalue weighted by atomic mass is 10.3. The van der Waals surface area contributed by atoms with Gasteiger partial charge in [0.25, 0.3) is 0 Å². The SMILES string of the molecule is CC(=O)Nc1ccc(Cl)c(S(=O)O)c1. The summed E-state index contributed by atoms with van der Waals surface area (Å²) in [5.41, 5.74) is 0.444. The molecule has 2 N–H and O–H groups in total. The third-order valence-corrected chi connectivity index (χ3v) is 2.60. The van der Waals surface area contributed by atoms with Crippen LogP contribution in [-0.4, -0.2) is 14.7 Å². The first-order valence-corrected chi connectivity index (χ1v) is 5.17. The van der Waals surface area contributed by atoms with Crippen LogP contribution in [0.15, 0.2) is 23.1 Å². The number of carbonyl (C=O) groups excluding carboxylic acids is 1. The molecule has 1 aromatic rings. The first-order valence-electron chi connectivity index (χ1n) is 3.68. The van der Waals surface area contributed by atoms with Crippen LogP contribution in [0, 0.1) is 0 Å². The van der Waals surface area contributed by atoms with Crippen molar-refractivity contribution >= 4 is 34.3 Å². The van der Waals surface area contributed by atoms with Gasteiger partial charge in [0.05, 0.1) is 9.92 Å². The number of halogens is 1. The summed E-state index contributed by atoms with van der Waals surface area (Å²) in [5, 5.41) is 2.68. The van der Waals surface area contributed by atoms with Crippen LogP contribution in [0.1, 0.15) is 6.92 Å². The number of benzene rings is 1. The maximum Gasteiger partial charge on any atom is 0.221 e. The summed E-state index contributed by atoms with van der Waals surface area (Å²) in [6.45, 7) is 1.35. The number of nitrogens with one attached hydrogen (secondary N) is 1. The van der Waals surface area contributed by atoms with Crippen LogP contribution >= 0.6 is 11.6 Å². The average molecular weight is 234 g/mol. The monoisotopic (exact) mass is 233 g/mol. The summed E-state index contributed by atoms with van der Waals surface area (Å²) in [6, 6.07) is 4.37. The van der Waals surface area contributed by atoms with Gasteiger partial charge in [0.15, 0.2) is 11.1 Å². The molecule has 1 rings (SSSR count). The minimum atomic E-state index is -2.15. The zero-order chi connectivity index (χ0) is 10.7. The standard InChI is InChI=1S/C8H8ClNO3S/c1-5(11)10-6-2-3-7(9)8(4-6)14(12)13/h2-4H,1H3,(H,10,11)(H,12,13). The molecule has 4 nitrogen and oxygen atoms in total.